The molecule has 0 aromatic rings. The number of carboxylic acid groups (broad SMARTS) is 1. The number of carboxylic acids is 1. The van der Waals surface area contributed by atoms with E-state index in [1.807, 2.05) is 0 Å². The third-order valence-corrected chi connectivity index (χ3v) is 3.83. The van der Waals surface area contributed by atoms with Gasteiger partial charge in [-0.25, -0.2) is 4.79 Å². The molecule has 27 heavy (non-hydrogen) atoms. The van der Waals surface area contributed by atoms with E-state index in [-0.39, 0.29) is 0 Å². The molecule has 12 nitrogen and oxygen atoms in total. The van der Waals surface area contributed by atoms with Gasteiger partial charge in [0.1, 0.15) is 18.1 Å². The molecular formula is C15H27N5O7. The lowest BCUT2D eigenvalue weighted by Gasteiger charge is -2.27. The topological polar surface area (TPSA) is 214 Å². The van der Waals surface area contributed by atoms with Crippen LogP contribution in [0.15, 0.2) is 0 Å². The maximum absolute atomic E-state index is 12.4. The van der Waals surface area contributed by atoms with Gasteiger partial charge in [0.25, 0.3) is 0 Å². The van der Waals surface area contributed by atoms with Crippen molar-refractivity contribution in [2.45, 2.75) is 44.8 Å². The molecule has 0 aromatic heterocycles. The van der Waals surface area contributed by atoms with Gasteiger partial charge in [-0.2, -0.15) is 0 Å². The third-order valence-electron chi connectivity index (χ3n) is 3.83. The summed E-state index contributed by atoms with van der Waals surface area (Å²) in [6.07, 6.45) is -0.0638. The van der Waals surface area contributed by atoms with Gasteiger partial charge < -0.3 is 37.6 Å². The van der Waals surface area contributed by atoms with Crippen LogP contribution in [0.5, 0.6) is 0 Å². The van der Waals surface area contributed by atoms with Crippen LogP contribution < -0.4 is 27.4 Å². The molecule has 154 valence electrons. The Bertz CT molecular complexity index is 569. The highest BCUT2D eigenvalue weighted by molar-refractivity contribution is 5.95. The minimum atomic E-state index is -1.54. The van der Waals surface area contributed by atoms with Gasteiger partial charge in [0.15, 0.2) is 0 Å². The zero-order valence-electron chi connectivity index (χ0n) is 15.2. The fraction of sp³-hybridized carbons (Fsp3) is 0.667. The van der Waals surface area contributed by atoms with Crippen molar-refractivity contribution in [3.05, 3.63) is 0 Å². The normalized spacial score (nSPS) is 15.0. The smallest absolute Gasteiger partial charge is 0.328 e. The zero-order valence-corrected chi connectivity index (χ0v) is 15.2. The Hall–Kier alpha value is -2.73. The number of rotatable bonds is 12. The maximum Gasteiger partial charge on any atom is 0.328 e. The van der Waals surface area contributed by atoms with Gasteiger partial charge in [-0.05, 0) is 5.92 Å². The number of primary amides is 1. The molecule has 0 spiro atoms. The number of nitrogens with two attached hydrogens (primary N) is 2. The Labute approximate surface area is 156 Å². The van der Waals surface area contributed by atoms with Crippen molar-refractivity contribution in [3.8, 4) is 0 Å². The molecule has 4 amide bonds. The van der Waals surface area contributed by atoms with E-state index in [1.54, 1.807) is 13.8 Å². The third kappa shape index (κ3) is 8.46. The minimum Gasteiger partial charge on any atom is -0.480 e. The molecule has 0 aromatic carbocycles. The lowest BCUT2D eigenvalue weighted by atomic mass is 9.97. The summed E-state index contributed by atoms with van der Waals surface area (Å²) in [7, 11) is 0. The van der Waals surface area contributed by atoms with Crippen LogP contribution in [-0.4, -0.2) is 71.1 Å². The van der Waals surface area contributed by atoms with Crippen LogP contribution in [-0.2, 0) is 24.0 Å². The molecule has 0 saturated carbocycles. The molecule has 0 aliphatic heterocycles. The Morgan fingerprint density at radius 2 is 1.59 bits per heavy atom. The quantitative estimate of drug-likeness (QED) is 0.176. The Morgan fingerprint density at radius 1 is 1.00 bits per heavy atom. The number of hydrogen-bond acceptors (Lipinski definition) is 7. The van der Waals surface area contributed by atoms with E-state index < -0.39 is 73.2 Å². The van der Waals surface area contributed by atoms with Gasteiger partial charge in [-0.1, -0.05) is 20.3 Å². The van der Waals surface area contributed by atoms with E-state index in [9.17, 15) is 24.0 Å². The summed E-state index contributed by atoms with van der Waals surface area (Å²) in [5.74, 6) is -5.10. The maximum atomic E-state index is 12.4. The standard InChI is InChI=1S/C15H27N5O7/c1-3-7(2)12(14(25)19-9(6-21)15(26)27)20-13(24)8(4-10(17)22)18-11(23)5-16/h7-9,12,21H,3-6,16H2,1-2H3,(H2,17,22)(H,18,23)(H,19,25)(H,20,24)(H,26,27). The lowest BCUT2D eigenvalue weighted by Crippen LogP contribution is -2.58. The predicted octanol–water partition coefficient (Wildman–Crippen LogP) is -3.60. The average Bonchev–Trinajstić information content (AvgIpc) is 2.61. The van der Waals surface area contributed by atoms with Crippen LogP contribution in [0.4, 0.5) is 0 Å². The monoisotopic (exact) mass is 389 g/mol. The SMILES string of the molecule is CCC(C)C(NC(=O)C(CC(N)=O)NC(=O)CN)C(=O)NC(CO)C(=O)O. The van der Waals surface area contributed by atoms with Crippen LogP contribution in [0.25, 0.3) is 0 Å². The summed E-state index contributed by atoms with van der Waals surface area (Å²) < 4.78 is 0. The molecule has 4 unspecified atom stereocenters. The van der Waals surface area contributed by atoms with Crippen LogP contribution in [0.2, 0.25) is 0 Å². The first-order valence-corrected chi connectivity index (χ1v) is 8.29. The minimum absolute atomic E-state index is 0.415. The number of nitrogens with one attached hydrogen (secondary N) is 3. The highest BCUT2D eigenvalue weighted by Gasteiger charge is 2.32. The van der Waals surface area contributed by atoms with E-state index in [4.69, 9.17) is 21.7 Å². The van der Waals surface area contributed by atoms with E-state index in [1.165, 1.54) is 0 Å². The fourth-order valence-corrected chi connectivity index (χ4v) is 2.07. The summed E-state index contributed by atoms with van der Waals surface area (Å²) in [5.41, 5.74) is 10.2. The molecule has 0 aliphatic carbocycles. The van der Waals surface area contributed by atoms with E-state index in [0.29, 0.717) is 6.42 Å². The molecule has 0 heterocycles. The van der Waals surface area contributed by atoms with Gasteiger partial charge in [-0.15, -0.1) is 0 Å². The van der Waals surface area contributed by atoms with E-state index in [0.717, 1.165) is 0 Å². The molecular weight excluding hydrogens is 362 g/mol. The van der Waals surface area contributed by atoms with Crippen molar-refractivity contribution in [3.63, 3.8) is 0 Å². The molecule has 12 heteroatoms. The van der Waals surface area contributed by atoms with Crippen molar-refractivity contribution in [2.75, 3.05) is 13.2 Å². The van der Waals surface area contributed by atoms with Gasteiger partial charge >= 0.3 is 5.97 Å². The van der Waals surface area contributed by atoms with Crippen LogP contribution in [0.1, 0.15) is 26.7 Å². The van der Waals surface area contributed by atoms with Gasteiger partial charge in [0.2, 0.25) is 23.6 Å². The number of carbonyl (C=O) groups excluding carboxylic acids is 4. The van der Waals surface area contributed by atoms with E-state index >= 15 is 0 Å². The van der Waals surface area contributed by atoms with Gasteiger partial charge in [0, 0.05) is 0 Å². The summed E-state index contributed by atoms with van der Waals surface area (Å²) in [5, 5.41) is 24.7. The first kappa shape index (κ1) is 24.3. The first-order valence-electron chi connectivity index (χ1n) is 8.29. The molecule has 0 aliphatic rings. The van der Waals surface area contributed by atoms with Crippen LogP contribution in [0.3, 0.4) is 0 Å². The second kappa shape index (κ2) is 11.8. The van der Waals surface area contributed by atoms with Crippen molar-refractivity contribution in [2.24, 2.45) is 17.4 Å². The Balaban J connectivity index is 5.36. The van der Waals surface area contributed by atoms with Crippen molar-refractivity contribution in [1.29, 1.82) is 0 Å². The summed E-state index contributed by atoms with van der Waals surface area (Å²) in [6, 6.07) is -4.05. The number of aliphatic carboxylic acids is 1. The summed E-state index contributed by atoms with van der Waals surface area (Å²) in [6.45, 7) is 2.13. The number of aliphatic hydroxyl groups is 1. The molecule has 0 bridgehead atoms. The summed E-state index contributed by atoms with van der Waals surface area (Å²) in [4.78, 5) is 58.3. The van der Waals surface area contributed by atoms with Crippen LogP contribution in [0, 0.1) is 5.92 Å². The Morgan fingerprint density at radius 3 is 2.00 bits per heavy atom. The van der Waals surface area contributed by atoms with Crippen LogP contribution >= 0.6 is 0 Å². The second-order valence-electron chi connectivity index (χ2n) is 5.95. The number of aliphatic hydroxyl groups excluding tert-OH is 1. The second-order valence-corrected chi connectivity index (χ2v) is 5.95. The number of hydrogen-bond donors (Lipinski definition) is 7. The van der Waals surface area contributed by atoms with Gasteiger partial charge in [0.05, 0.1) is 19.6 Å². The molecule has 0 saturated heterocycles. The van der Waals surface area contributed by atoms with Crippen molar-refractivity contribution in [1.82, 2.24) is 16.0 Å². The average molecular weight is 389 g/mol. The fourth-order valence-electron chi connectivity index (χ4n) is 2.07. The van der Waals surface area contributed by atoms with Gasteiger partial charge in [-0.3, -0.25) is 19.2 Å². The highest BCUT2D eigenvalue weighted by atomic mass is 16.4. The highest BCUT2D eigenvalue weighted by Crippen LogP contribution is 2.09. The molecule has 0 fully saturated rings. The zero-order chi connectivity index (χ0) is 21.1. The number of amides is 4. The lowest BCUT2D eigenvalue weighted by molar-refractivity contribution is -0.143. The number of carbonyl (C=O) groups is 5. The summed E-state index contributed by atoms with van der Waals surface area (Å²) >= 11 is 0. The predicted molar refractivity (Wildman–Crippen MR) is 92.8 cm³/mol. The van der Waals surface area contributed by atoms with Crippen molar-refractivity contribution >= 4 is 29.6 Å². The van der Waals surface area contributed by atoms with Crippen molar-refractivity contribution < 1.29 is 34.2 Å². The van der Waals surface area contributed by atoms with E-state index in [2.05, 4.69) is 16.0 Å². The first-order chi connectivity index (χ1) is 12.6. The molecule has 0 radical (unpaired) electrons. The largest absolute Gasteiger partial charge is 0.480 e. The Kier molecular flexibility index (Phi) is 10.6. The molecule has 9 N–H and O–H groups in total. The molecule has 0 rings (SSSR count). The molecule has 4 atom stereocenters.